The fraction of sp³-hybridized carbons (Fsp3) is 0.625. The number of nitrogens with one attached hydrogen (secondary N) is 1. The standard InChI is InChI=1S/C16H25N3/c1-2-17-15(12-14-6-4-3-5-7-14)16-13-18-8-10-19(16)11-9-18/h3-7,15-17H,2,8-13H2,1H3. The first-order chi connectivity index (χ1) is 9.36. The Morgan fingerprint density at radius 1 is 1.16 bits per heavy atom. The molecule has 0 saturated carbocycles. The Labute approximate surface area is 116 Å². The van der Waals surface area contributed by atoms with Gasteiger partial charge in [-0.3, -0.25) is 9.80 Å². The van der Waals surface area contributed by atoms with E-state index in [0.717, 1.165) is 13.0 Å². The highest BCUT2D eigenvalue weighted by molar-refractivity contribution is 5.17. The molecule has 0 aromatic heterocycles. The third-order valence-electron chi connectivity index (χ3n) is 4.55. The summed E-state index contributed by atoms with van der Waals surface area (Å²) in [5, 5.41) is 3.72. The van der Waals surface area contributed by atoms with Crippen LogP contribution in [0.15, 0.2) is 30.3 Å². The fourth-order valence-corrected chi connectivity index (χ4v) is 3.51. The Bertz CT molecular complexity index is 384. The van der Waals surface area contributed by atoms with Gasteiger partial charge in [-0.15, -0.1) is 0 Å². The molecule has 3 aliphatic rings. The van der Waals surface area contributed by atoms with Gasteiger partial charge in [0.25, 0.3) is 0 Å². The molecule has 3 fully saturated rings. The van der Waals surface area contributed by atoms with Gasteiger partial charge in [-0.2, -0.15) is 0 Å². The van der Waals surface area contributed by atoms with Crippen LogP contribution in [0, 0.1) is 0 Å². The van der Waals surface area contributed by atoms with Crippen LogP contribution in [-0.4, -0.2) is 61.2 Å². The van der Waals surface area contributed by atoms with Gasteiger partial charge in [-0.05, 0) is 18.5 Å². The molecule has 3 heteroatoms. The van der Waals surface area contributed by atoms with Crippen molar-refractivity contribution in [3.8, 4) is 0 Å². The second-order valence-corrected chi connectivity index (χ2v) is 5.76. The van der Waals surface area contributed by atoms with Crippen molar-refractivity contribution in [2.24, 2.45) is 0 Å². The predicted octanol–water partition coefficient (Wildman–Crippen LogP) is 1.21. The van der Waals surface area contributed by atoms with Crippen LogP contribution in [0.5, 0.6) is 0 Å². The van der Waals surface area contributed by atoms with Crippen LogP contribution in [0.3, 0.4) is 0 Å². The van der Waals surface area contributed by atoms with Crippen LogP contribution < -0.4 is 5.32 Å². The van der Waals surface area contributed by atoms with Crippen LogP contribution in [0.1, 0.15) is 12.5 Å². The second kappa shape index (κ2) is 6.04. The van der Waals surface area contributed by atoms with Crippen LogP contribution in [0.25, 0.3) is 0 Å². The van der Waals surface area contributed by atoms with Gasteiger partial charge in [-0.25, -0.2) is 0 Å². The number of piperazine rings is 3. The number of nitrogens with zero attached hydrogens (tertiary/aromatic N) is 2. The van der Waals surface area contributed by atoms with Crippen LogP contribution in [-0.2, 0) is 6.42 Å². The molecule has 19 heavy (non-hydrogen) atoms. The highest BCUT2D eigenvalue weighted by Gasteiger charge is 2.36. The quantitative estimate of drug-likeness (QED) is 0.857. The molecule has 3 aliphatic heterocycles. The summed E-state index contributed by atoms with van der Waals surface area (Å²) in [4.78, 5) is 5.32. The fourth-order valence-electron chi connectivity index (χ4n) is 3.51. The summed E-state index contributed by atoms with van der Waals surface area (Å²) in [6.07, 6.45) is 1.14. The van der Waals surface area contributed by atoms with Crippen molar-refractivity contribution < 1.29 is 0 Å². The monoisotopic (exact) mass is 259 g/mol. The number of fused-ring (bicyclic) bond motifs is 3. The minimum Gasteiger partial charge on any atom is -0.312 e. The first kappa shape index (κ1) is 13.1. The highest BCUT2D eigenvalue weighted by atomic mass is 15.4. The Morgan fingerprint density at radius 2 is 1.89 bits per heavy atom. The maximum Gasteiger partial charge on any atom is 0.0380 e. The zero-order valence-corrected chi connectivity index (χ0v) is 11.9. The first-order valence-electron chi connectivity index (χ1n) is 7.60. The lowest BCUT2D eigenvalue weighted by Gasteiger charge is -2.50. The molecular weight excluding hydrogens is 234 g/mol. The van der Waals surface area contributed by atoms with E-state index in [0.29, 0.717) is 12.1 Å². The molecule has 1 aromatic rings. The van der Waals surface area contributed by atoms with E-state index in [1.807, 2.05) is 0 Å². The summed E-state index contributed by atoms with van der Waals surface area (Å²) in [6, 6.07) is 12.2. The van der Waals surface area contributed by atoms with E-state index >= 15 is 0 Å². The lowest BCUT2D eigenvalue weighted by Crippen LogP contribution is -2.66. The number of hydrogen-bond acceptors (Lipinski definition) is 3. The van der Waals surface area contributed by atoms with Crippen LogP contribution in [0.4, 0.5) is 0 Å². The Morgan fingerprint density at radius 3 is 2.47 bits per heavy atom. The van der Waals surface area contributed by atoms with Gasteiger partial charge < -0.3 is 5.32 Å². The van der Waals surface area contributed by atoms with E-state index < -0.39 is 0 Å². The second-order valence-electron chi connectivity index (χ2n) is 5.76. The van der Waals surface area contributed by atoms with Gasteiger partial charge >= 0.3 is 0 Å². The van der Waals surface area contributed by atoms with Crippen LogP contribution in [0.2, 0.25) is 0 Å². The van der Waals surface area contributed by atoms with E-state index in [4.69, 9.17) is 0 Å². The lowest BCUT2D eigenvalue weighted by atomic mass is 9.94. The van der Waals surface area contributed by atoms with Crippen molar-refractivity contribution >= 4 is 0 Å². The van der Waals surface area contributed by atoms with Gasteiger partial charge in [0.05, 0.1) is 0 Å². The molecule has 0 spiro atoms. The lowest BCUT2D eigenvalue weighted by molar-refractivity contribution is -0.00288. The summed E-state index contributed by atoms with van der Waals surface area (Å²) in [5.41, 5.74) is 1.45. The molecule has 0 amide bonds. The average molecular weight is 259 g/mol. The molecule has 0 aliphatic carbocycles. The summed E-state index contributed by atoms with van der Waals surface area (Å²) < 4.78 is 0. The third-order valence-corrected chi connectivity index (χ3v) is 4.55. The number of benzene rings is 1. The van der Waals surface area contributed by atoms with Crippen LogP contribution >= 0.6 is 0 Å². The van der Waals surface area contributed by atoms with E-state index in [9.17, 15) is 0 Å². The maximum atomic E-state index is 3.72. The van der Waals surface area contributed by atoms with Gasteiger partial charge in [0.2, 0.25) is 0 Å². The molecule has 2 unspecified atom stereocenters. The molecule has 3 nitrogen and oxygen atoms in total. The summed E-state index contributed by atoms with van der Waals surface area (Å²) in [5.74, 6) is 0. The minimum absolute atomic E-state index is 0.579. The van der Waals surface area contributed by atoms with Crippen molar-refractivity contribution in [1.29, 1.82) is 0 Å². The van der Waals surface area contributed by atoms with E-state index in [2.05, 4.69) is 52.4 Å². The first-order valence-corrected chi connectivity index (χ1v) is 7.60. The molecule has 3 saturated heterocycles. The Balaban J connectivity index is 1.70. The summed E-state index contributed by atoms with van der Waals surface area (Å²) in [6.45, 7) is 9.55. The Hall–Kier alpha value is -0.900. The van der Waals surface area contributed by atoms with Gasteiger partial charge in [0.1, 0.15) is 0 Å². The number of hydrogen-bond donors (Lipinski definition) is 1. The number of rotatable bonds is 5. The summed E-state index contributed by atoms with van der Waals surface area (Å²) in [7, 11) is 0. The molecular formula is C16H25N3. The highest BCUT2D eigenvalue weighted by Crippen LogP contribution is 2.20. The average Bonchev–Trinajstić information content (AvgIpc) is 2.49. The van der Waals surface area contributed by atoms with Crippen molar-refractivity contribution in [1.82, 2.24) is 15.1 Å². The van der Waals surface area contributed by atoms with E-state index in [1.165, 1.54) is 38.3 Å². The smallest absolute Gasteiger partial charge is 0.0380 e. The van der Waals surface area contributed by atoms with E-state index in [1.54, 1.807) is 0 Å². The SMILES string of the molecule is CCNC(Cc1ccccc1)C1CN2CCN1CC2. The molecule has 1 N–H and O–H groups in total. The third kappa shape index (κ3) is 2.99. The maximum absolute atomic E-state index is 3.72. The molecule has 2 bridgehead atoms. The van der Waals surface area contributed by atoms with Crippen molar-refractivity contribution in [3.05, 3.63) is 35.9 Å². The van der Waals surface area contributed by atoms with Gasteiger partial charge in [0, 0.05) is 44.8 Å². The number of likely N-dealkylation sites (N-methyl/N-ethyl adjacent to an activating group) is 1. The largest absolute Gasteiger partial charge is 0.312 e. The van der Waals surface area contributed by atoms with E-state index in [-0.39, 0.29) is 0 Å². The predicted molar refractivity (Wildman–Crippen MR) is 79.4 cm³/mol. The molecule has 1 aromatic carbocycles. The molecule has 104 valence electrons. The Kier molecular flexibility index (Phi) is 4.16. The zero-order chi connectivity index (χ0) is 13.1. The molecule has 2 atom stereocenters. The topological polar surface area (TPSA) is 18.5 Å². The zero-order valence-electron chi connectivity index (χ0n) is 11.9. The molecule has 0 radical (unpaired) electrons. The van der Waals surface area contributed by atoms with Crippen molar-refractivity contribution in [2.45, 2.75) is 25.4 Å². The minimum atomic E-state index is 0.579. The van der Waals surface area contributed by atoms with Gasteiger partial charge in [-0.1, -0.05) is 37.3 Å². The van der Waals surface area contributed by atoms with Gasteiger partial charge in [0.15, 0.2) is 0 Å². The molecule has 3 heterocycles. The van der Waals surface area contributed by atoms with Crippen molar-refractivity contribution in [3.63, 3.8) is 0 Å². The van der Waals surface area contributed by atoms with Crippen molar-refractivity contribution in [2.75, 3.05) is 39.3 Å². The summed E-state index contributed by atoms with van der Waals surface area (Å²) >= 11 is 0. The normalized spacial score (nSPS) is 31.3. The molecule has 4 rings (SSSR count).